The number of nitrogens with zero attached hydrogens (tertiary/aromatic N) is 1. The number of halogens is 3. The van der Waals surface area contributed by atoms with E-state index in [-0.39, 0.29) is 5.01 Å². The molecule has 1 rings (SSSR count). The van der Waals surface area contributed by atoms with Gasteiger partial charge in [-0.3, -0.25) is 5.32 Å². The van der Waals surface area contributed by atoms with Crippen LogP contribution in [0.15, 0.2) is 5.38 Å². The number of hydrogen-bond acceptors (Lipinski definition) is 5. The summed E-state index contributed by atoms with van der Waals surface area (Å²) in [5.41, 5.74) is 0.646. The molecule has 1 aromatic rings. The van der Waals surface area contributed by atoms with Gasteiger partial charge in [0, 0.05) is 11.1 Å². The summed E-state index contributed by atoms with van der Waals surface area (Å²) in [6, 6.07) is -1.18. The van der Waals surface area contributed by atoms with Gasteiger partial charge in [0.15, 0.2) is 6.04 Å². The van der Waals surface area contributed by atoms with Gasteiger partial charge in [0.25, 0.3) is 0 Å². The summed E-state index contributed by atoms with van der Waals surface area (Å²) >= 11 is 1.11. The quantitative estimate of drug-likeness (QED) is 0.846. The van der Waals surface area contributed by atoms with E-state index in [1.54, 1.807) is 12.3 Å². The average Bonchev–Trinajstić information content (AvgIpc) is 2.63. The van der Waals surface area contributed by atoms with Crippen LogP contribution in [0.1, 0.15) is 16.7 Å². The van der Waals surface area contributed by atoms with Crippen molar-refractivity contribution in [1.82, 2.24) is 10.3 Å². The minimum Gasteiger partial charge on any atom is -0.468 e. The smallest absolute Gasteiger partial charge is 0.401 e. The van der Waals surface area contributed by atoms with E-state index in [9.17, 15) is 18.0 Å². The molecule has 0 saturated heterocycles. The molecule has 0 radical (unpaired) electrons. The highest BCUT2D eigenvalue weighted by Gasteiger charge is 2.32. The van der Waals surface area contributed by atoms with Gasteiger partial charge in [0.2, 0.25) is 0 Å². The molecule has 1 aromatic heterocycles. The zero-order valence-corrected chi connectivity index (χ0v) is 9.98. The standard InChI is InChI=1S/C9H11F3N2O2S/c1-5-3-17-7(14-5)6(8(15)16-2)13-4-9(10,11)12/h3,6,13H,4H2,1-2H3. The third-order valence-corrected chi connectivity index (χ3v) is 2.85. The lowest BCUT2D eigenvalue weighted by molar-refractivity contribution is -0.146. The molecular weight excluding hydrogens is 257 g/mol. The summed E-state index contributed by atoms with van der Waals surface area (Å²) in [5, 5.41) is 4.00. The molecule has 0 aliphatic carbocycles. The Kier molecular flexibility index (Phi) is 4.47. The number of aryl methyl sites for hydroxylation is 1. The largest absolute Gasteiger partial charge is 0.468 e. The predicted molar refractivity (Wildman–Crippen MR) is 55.7 cm³/mol. The molecule has 0 bridgehead atoms. The minimum atomic E-state index is -4.39. The van der Waals surface area contributed by atoms with Crippen molar-refractivity contribution in [2.24, 2.45) is 0 Å². The van der Waals surface area contributed by atoms with Crippen molar-refractivity contribution < 1.29 is 22.7 Å². The zero-order valence-electron chi connectivity index (χ0n) is 9.17. The number of carbonyl (C=O) groups excluding carboxylic acids is 1. The number of methoxy groups -OCH3 is 1. The third-order valence-electron chi connectivity index (χ3n) is 1.83. The van der Waals surface area contributed by atoms with E-state index < -0.39 is 24.7 Å². The Hall–Kier alpha value is -1.15. The number of carbonyl (C=O) groups is 1. The van der Waals surface area contributed by atoms with Crippen LogP contribution in [0.4, 0.5) is 13.2 Å². The van der Waals surface area contributed by atoms with Gasteiger partial charge in [-0.15, -0.1) is 11.3 Å². The van der Waals surface area contributed by atoms with Crippen molar-refractivity contribution in [2.45, 2.75) is 19.1 Å². The maximum absolute atomic E-state index is 12.1. The van der Waals surface area contributed by atoms with Crippen LogP contribution < -0.4 is 5.32 Å². The lowest BCUT2D eigenvalue weighted by atomic mass is 10.3. The highest BCUT2D eigenvalue weighted by Crippen LogP contribution is 2.21. The number of nitrogens with one attached hydrogen (secondary N) is 1. The van der Waals surface area contributed by atoms with Crippen LogP contribution in [0, 0.1) is 6.92 Å². The molecule has 96 valence electrons. The topological polar surface area (TPSA) is 51.2 Å². The third kappa shape index (κ3) is 4.31. The van der Waals surface area contributed by atoms with Crippen molar-refractivity contribution in [3.05, 3.63) is 16.1 Å². The fourth-order valence-electron chi connectivity index (χ4n) is 1.11. The normalized spacial score (nSPS) is 13.5. The Bertz CT molecular complexity index is 392. The second-order valence-electron chi connectivity index (χ2n) is 3.28. The van der Waals surface area contributed by atoms with Crippen molar-refractivity contribution in [3.63, 3.8) is 0 Å². The molecule has 0 aliphatic heterocycles. The number of alkyl halides is 3. The summed E-state index contributed by atoms with van der Waals surface area (Å²) in [5.74, 6) is -0.788. The van der Waals surface area contributed by atoms with Gasteiger partial charge in [0.05, 0.1) is 13.7 Å². The molecule has 0 aliphatic rings. The maximum atomic E-state index is 12.1. The summed E-state index contributed by atoms with van der Waals surface area (Å²) in [6.07, 6.45) is -4.39. The van der Waals surface area contributed by atoms with Crippen molar-refractivity contribution in [1.29, 1.82) is 0 Å². The predicted octanol–water partition coefficient (Wildman–Crippen LogP) is 1.82. The first-order valence-corrected chi connectivity index (χ1v) is 5.51. The van der Waals surface area contributed by atoms with Crippen LogP contribution in [-0.2, 0) is 9.53 Å². The second kappa shape index (κ2) is 5.46. The van der Waals surface area contributed by atoms with E-state index in [1.165, 1.54) is 0 Å². The molecular formula is C9H11F3N2O2S. The van der Waals surface area contributed by atoms with Crippen molar-refractivity contribution >= 4 is 17.3 Å². The Morgan fingerprint density at radius 1 is 1.65 bits per heavy atom. The Morgan fingerprint density at radius 3 is 2.71 bits per heavy atom. The van der Waals surface area contributed by atoms with Crippen LogP contribution in [0.3, 0.4) is 0 Å². The molecule has 1 unspecified atom stereocenters. The van der Waals surface area contributed by atoms with Gasteiger partial charge in [0.1, 0.15) is 5.01 Å². The second-order valence-corrected chi connectivity index (χ2v) is 4.17. The molecule has 0 saturated carbocycles. The van der Waals surface area contributed by atoms with E-state index in [0.29, 0.717) is 5.69 Å². The maximum Gasteiger partial charge on any atom is 0.401 e. The fraction of sp³-hybridized carbons (Fsp3) is 0.556. The molecule has 0 spiro atoms. The fourth-order valence-corrected chi connectivity index (χ4v) is 1.97. The molecule has 4 nitrogen and oxygen atoms in total. The number of thiazole rings is 1. The van der Waals surface area contributed by atoms with Crippen LogP contribution in [0.25, 0.3) is 0 Å². The zero-order chi connectivity index (χ0) is 13.1. The van der Waals surface area contributed by atoms with Gasteiger partial charge in [-0.25, -0.2) is 9.78 Å². The summed E-state index contributed by atoms with van der Waals surface area (Å²) in [4.78, 5) is 15.3. The van der Waals surface area contributed by atoms with Crippen molar-refractivity contribution in [3.8, 4) is 0 Å². The van der Waals surface area contributed by atoms with Crippen molar-refractivity contribution in [2.75, 3.05) is 13.7 Å². The minimum absolute atomic E-state index is 0.263. The first kappa shape index (κ1) is 13.9. The lowest BCUT2D eigenvalue weighted by Gasteiger charge is -2.15. The number of rotatable bonds is 4. The Balaban J connectivity index is 2.78. The number of ether oxygens (including phenoxy) is 1. The molecule has 1 atom stereocenters. The molecule has 0 aromatic carbocycles. The molecule has 0 amide bonds. The van der Waals surface area contributed by atoms with E-state index >= 15 is 0 Å². The van der Waals surface area contributed by atoms with Gasteiger partial charge in [-0.05, 0) is 6.92 Å². The number of aromatic nitrogens is 1. The molecule has 17 heavy (non-hydrogen) atoms. The molecule has 1 heterocycles. The van der Waals surface area contributed by atoms with E-state index in [4.69, 9.17) is 0 Å². The van der Waals surface area contributed by atoms with Gasteiger partial charge < -0.3 is 4.74 Å². The SMILES string of the molecule is COC(=O)C(NCC(F)(F)F)c1nc(C)cs1. The lowest BCUT2D eigenvalue weighted by Crippen LogP contribution is -2.36. The average molecular weight is 268 g/mol. The van der Waals surface area contributed by atoms with Crippen LogP contribution >= 0.6 is 11.3 Å². The Labute approximate surface area is 99.8 Å². The molecule has 1 N–H and O–H groups in total. The number of esters is 1. The molecule has 8 heteroatoms. The Morgan fingerprint density at radius 2 is 2.29 bits per heavy atom. The summed E-state index contributed by atoms with van der Waals surface area (Å²) in [6.45, 7) is 0.420. The van der Waals surface area contributed by atoms with Crippen LogP contribution in [0.5, 0.6) is 0 Å². The summed E-state index contributed by atoms with van der Waals surface area (Å²) < 4.78 is 40.7. The highest BCUT2D eigenvalue weighted by molar-refractivity contribution is 7.09. The molecule has 0 fully saturated rings. The van der Waals surface area contributed by atoms with E-state index in [1.807, 2.05) is 0 Å². The first-order chi connectivity index (χ1) is 7.83. The van der Waals surface area contributed by atoms with Gasteiger partial charge in [-0.1, -0.05) is 0 Å². The monoisotopic (exact) mass is 268 g/mol. The first-order valence-electron chi connectivity index (χ1n) is 4.63. The van der Waals surface area contributed by atoms with E-state index in [2.05, 4.69) is 15.0 Å². The summed E-state index contributed by atoms with van der Waals surface area (Å²) in [7, 11) is 1.12. The highest BCUT2D eigenvalue weighted by atomic mass is 32.1. The number of hydrogen-bond donors (Lipinski definition) is 1. The van der Waals surface area contributed by atoms with E-state index in [0.717, 1.165) is 18.4 Å². The van der Waals surface area contributed by atoms with Gasteiger partial charge >= 0.3 is 12.1 Å². The van der Waals surface area contributed by atoms with Crippen LogP contribution in [-0.4, -0.2) is 30.8 Å². The van der Waals surface area contributed by atoms with Gasteiger partial charge in [-0.2, -0.15) is 13.2 Å². The van der Waals surface area contributed by atoms with Crippen LogP contribution in [0.2, 0.25) is 0 Å².